The van der Waals surface area contributed by atoms with Crippen LogP contribution in [-0.4, -0.2) is 18.3 Å². The van der Waals surface area contributed by atoms with Crippen LogP contribution in [0.5, 0.6) is 0 Å². The summed E-state index contributed by atoms with van der Waals surface area (Å²) in [5, 5.41) is 12.2. The van der Waals surface area contributed by atoms with Crippen LogP contribution in [0.15, 0.2) is 18.2 Å². The monoisotopic (exact) mass is 211 g/mol. The van der Waals surface area contributed by atoms with Crippen LogP contribution in [0.2, 0.25) is 0 Å². The van der Waals surface area contributed by atoms with E-state index in [1.165, 1.54) is 6.07 Å². The maximum Gasteiger partial charge on any atom is 0.126 e. The number of halogens is 1. The van der Waals surface area contributed by atoms with Gasteiger partial charge >= 0.3 is 0 Å². The molecule has 0 radical (unpaired) electrons. The predicted molar refractivity (Wildman–Crippen MR) is 60.5 cm³/mol. The van der Waals surface area contributed by atoms with Crippen LogP contribution in [0.4, 0.5) is 10.1 Å². The van der Waals surface area contributed by atoms with Crippen molar-refractivity contribution in [2.45, 2.75) is 20.8 Å². The van der Waals surface area contributed by atoms with Crippen LogP contribution >= 0.6 is 0 Å². The fraction of sp³-hybridized carbons (Fsp3) is 0.500. The average Bonchev–Trinajstić information content (AvgIpc) is 2.20. The Balaban J connectivity index is 2.62. The van der Waals surface area contributed by atoms with Crippen LogP contribution in [0.25, 0.3) is 0 Å². The zero-order valence-corrected chi connectivity index (χ0v) is 9.47. The fourth-order valence-electron chi connectivity index (χ4n) is 1.15. The lowest BCUT2D eigenvalue weighted by molar-refractivity contribution is 0.171. The molecule has 1 aromatic rings. The molecule has 84 valence electrons. The number of rotatable bonds is 4. The number of hydrogen-bond donors (Lipinski definition) is 2. The summed E-state index contributed by atoms with van der Waals surface area (Å²) in [7, 11) is 0. The van der Waals surface area contributed by atoms with Gasteiger partial charge in [-0.15, -0.1) is 0 Å². The quantitative estimate of drug-likeness (QED) is 0.802. The van der Waals surface area contributed by atoms with E-state index in [1.807, 2.05) is 13.8 Å². The summed E-state index contributed by atoms with van der Waals surface area (Å²) >= 11 is 0. The molecule has 0 saturated carbocycles. The molecule has 0 unspecified atom stereocenters. The predicted octanol–water partition coefficient (Wildman–Crippen LogP) is 2.56. The first kappa shape index (κ1) is 12.0. The summed E-state index contributed by atoms with van der Waals surface area (Å²) in [6, 6.07) is 4.92. The number of benzene rings is 1. The second-order valence-corrected chi connectivity index (χ2v) is 4.64. The van der Waals surface area contributed by atoms with Crippen molar-refractivity contribution in [3.63, 3.8) is 0 Å². The number of aliphatic hydroxyl groups is 1. The normalized spacial score (nSPS) is 11.5. The van der Waals surface area contributed by atoms with Gasteiger partial charge < -0.3 is 10.4 Å². The Bertz CT molecular complexity index is 336. The molecular weight excluding hydrogens is 193 g/mol. The van der Waals surface area contributed by atoms with Crippen molar-refractivity contribution in [2.75, 3.05) is 18.5 Å². The second-order valence-electron chi connectivity index (χ2n) is 4.64. The number of nitrogens with one attached hydrogen (secondary N) is 1. The summed E-state index contributed by atoms with van der Waals surface area (Å²) < 4.78 is 13.0. The number of anilines is 1. The molecule has 0 amide bonds. The van der Waals surface area contributed by atoms with E-state index < -0.39 is 0 Å². The Labute approximate surface area is 90.1 Å². The molecule has 0 aliphatic carbocycles. The van der Waals surface area contributed by atoms with Crippen LogP contribution in [0, 0.1) is 18.2 Å². The standard InChI is InChI=1S/C12H18FNO/c1-9-6-10(4-5-11(9)13)14-7-12(2,3)8-15/h4-6,14-15H,7-8H2,1-3H3. The zero-order valence-electron chi connectivity index (χ0n) is 9.47. The molecule has 1 aromatic carbocycles. The summed E-state index contributed by atoms with van der Waals surface area (Å²) in [4.78, 5) is 0. The van der Waals surface area contributed by atoms with Crippen molar-refractivity contribution in [1.29, 1.82) is 0 Å². The van der Waals surface area contributed by atoms with Crippen molar-refractivity contribution in [1.82, 2.24) is 0 Å². The molecule has 0 spiro atoms. The van der Waals surface area contributed by atoms with Gasteiger partial charge in [-0.2, -0.15) is 0 Å². The van der Waals surface area contributed by atoms with Gasteiger partial charge in [0.15, 0.2) is 0 Å². The minimum absolute atomic E-state index is 0.125. The Morgan fingerprint density at radius 3 is 2.60 bits per heavy atom. The van der Waals surface area contributed by atoms with E-state index in [0.717, 1.165) is 5.69 Å². The summed E-state index contributed by atoms with van der Waals surface area (Å²) in [5.74, 6) is -0.193. The maximum atomic E-state index is 13.0. The second kappa shape index (κ2) is 4.62. The molecule has 0 aliphatic rings. The lowest BCUT2D eigenvalue weighted by atomic mass is 9.95. The van der Waals surface area contributed by atoms with Crippen LogP contribution in [0.1, 0.15) is 19.4 Å². The largest absolute Gasteiger partial charge is 0.396 e. The van der Waals surface area contributed by atoms with Gasteiger partial charge in [-0.3, -0.25) is 0 Å². The zero-order chi connectivity index (χ0) is 11.5. The highest BCUT2D eigenvalue weighted by atomic mass is 19.1. The lowest BCUT2D eigenvalue weighted by Crippen LogP contribution is -2.26. The van der Waals surface area contributed by atoms with Crippen molar-refractivity contribution in [2.24, 2.45) is 5.41 Å². The molecule has 3 heteroatoms. The molecule has 0 aromatic heterocycles. The van der Waals surface area contributed by atoms with Crippen LogP contribution in [0.3, 0.4) is 0 Å². The first-order valence-electron chi connectivity index (χ1n) is 5.05. The molecular formula is C12H18FNO. The summed E-state index contributed by atoms with van der Waals surface area (Å²) in [5.41, 5.74) is 1.35. The van der Waals surface area contributed by atoms with Gasteiger partial charge in [-0.1, -0.05) is 13.8 Å². The van der Waals surface area contributed by atoms with Crippen LogP contribution < -0.4 is 5.32 Å². The lowest BCUT2D eigenvalue weighted by Gasteiger charge is -2.22. The van der Waals surface area contributed by atoms with Gasteiger partial charge in [0.1, 0.15) is 5.82 Å². The van der Waals surface area contributed by atoms with E-state index in [2.05, 4.69) is 5.32 Å². The average molecular weight is 211 g/mol. The topological polar surface area (TPSA) is 32.3 Å². The third-order valence-corrected chi connectivity index (χ3v) is 2.36. The van der Waals surface area contributed by atoms with Crippen molar-refractivity contribution in [3.8, 4) is 0 Å². The van der Waals surface area contributed by atoms with E-state index in [1.54, 1.807) is 19.1 Å². The Hall–Kier alpha value is -1.09. The fourth-order valence-corrected chi connectivity index (χ4v) is 1.15. The maximum absolute atomic E-state index is 13.0. The van der Waals surface area contributed by atoms with E-state index in [-0.39, 0.29) is 17.8 Å². The molecule has 0 heterocycles. The molecule has 0 bridgehead atoms. The van der Waals surface area contributed by atoms with Gasteiger partial charge in [0.25, 0.3) is 0 Å². The van der Waals surface area contributed by atoms with Gasteiger partial charge in [0.2, 0.25) is 0 Å². The van der Waals surface area contributed by atoms with Crippen molar-refractivity contribution < 1.29 is 9.50 Å². The molecule has 2 N–H and O–H groups in total. The highest BCUT2D eigenvalue weighted by Gasteiger charge is 2.15. The first-order valence-corrected chi connectivity index (χ1v) is 5.05. The van der Waals surface area contributed by atoms with E-state index in [0.29, 0.717) is 12.1 Å². The highest BCUT2D eigenvalue weighted by Crippen LogP contribution is 2.18. The summed E-state index contributed by atoms with van der Waals surface area (Å²) in [6.07, 6.45) is 0. The van der Waals surface area contributed by atoms with Gasteiger partial charge in [0.05, 0.1) is 0 Å². The minimum Gasteiger partial charge on any atom is -0.396 e. The molecule has 0 saturated heterocycles. The first-order chi connectivity index (χ1) is 6.94. The SMILES string of the molecule is Cc1cc(NCC(C)(C)CO)ccc1F. The van der Waals surface area contributed by atoms with Crippen molar-refractivity contribution in [3.05, 3.63) is 29.6 Å². The van der Waals surface area contributed by atoms with E-state index in [4.69, 9.17) is 5.11 Å². The summed E-state index contributed by atoms with van der Waals surface area (Å²) in [6.45, 7) is 6.46. The Morgan fingerprint density at radius 2 is 2.07 bits per heavy atom. The highest BCUT2D eigenvalue weighted by molar-refractivity contribution is 5.46. The smallest absolute Gasteiger partial charge is 0.126 e. The molecule has 1 rings (SSSR count). The molecule has 15 heavy (non-hydrogen) atoms. The Morgan fingerprint density at radius 1 is 1.40 bits per heavy atom. The Kier molecular flexibility index (Phi) is 3.69. The van der Waals surface area contributed by atoms with Crippen LogP contribution in [-0.2, 0) is 0 Å². The van der Waals surface area contributed by atoms with Gasteiger partial charge in [0, 0.05) is 24.3 Å². The van der Waals surface area contributed by atoms with E-state index in [9.17, 15) is 4.39 Å². The molecule has 0 atom stereocenters. The van der Waals surface area contributed by atoms with E-state index >= 15 is 0 Å². The molecule has 0 fully saturated rings. The molecule has 0 aliphatic heterocycles. The number of aliphatic hydroxyl groups excluding tert-OH is 1. The third kappa shape index (κ3) is 3.51. The third-order valence-electron chi connectivity index (χ3n) is 2.36. The van der Waals surface area contributed by atoms with Gasteiger partial charge in [-0.05, 0) is 30.7 Å². The number of aryl methyl sites for hydroxylation is 1. The number of hydrogen-bond acceptors (Lipinski definition) is 2. The van der Waals surface area contributed by atoms with Gasteiger partial charge in [-0.25, -0.2) is 4.39 Å². The minimum atomic E-state index is -0.193. The van der Waals surface area contributed by atoms with Crippen molar-refractivity contribution >= 4 is 5.69 Å². The molecule has 2 nitrogen and oxygen atoms in total.